The van der Waals surface area contributed by atoms with Crippen LogP contribution < -0.4 is 0 Å². The molecule has 0 radical (unpaired) electrons. The minimum Gasteiger partial charge on any atom is -0.456 e. The van der Waals surface area contributed by atoms with Crippen molar-refractivity contribution in [3.8, 4) is 22.3 Å². The quantitative estimate of drug-likeness (QED) is 0.204. The molecule has 0 aliphatic rings. The van der Waals surface area contributed by atoms with Crippen molar-refractivity contribution in [2.24, 2.45) is 0 Å². The van der Waals surface area contributed by atoms with Crippen LogP contribution in [0.2, 0.25) is 0 Å². The number of benzene rings is 7. The van der Waals surface area contributed by atoms with Gasteiger partial charge in [-0.3, -0.25) is 0 Å². The van der Waals surface area contributed by atoms with Gasteiger partial charge in [0.25, 0.3) is 0 Å². The number of hydrogen-bond donors (Lipinski definition) is 0. The Morgan fingerprint density at radius 1 is 0.400 bits per heavy atom. The first-order valence-electron chi connectivity index (χ1n) is 13.6. The molecule has 7 aromatic carbocycles. The topological polar surface area (TPSA) is 13.1 Å². The summed E-state index contributed by atoms with van der Waals surface area (Å²) in [4.78, 5) is 0. The molecule has 0 aliphatic carbocycles. The maximum Gasteiger partial charge on any atom is 0.135 e. The first-order chi connectivity index (χ1) is 19.8. The fraction of sp³-hybridized carbons (Fsp3) is 0. The summed E-state index contributed by atoms with van der Waals surface area (Å²) < 4.78 is 8.82. The molecular formula is C38H22OS. The first-order valence-corrected chi connectivity index (χ1v) is 14.4. The summed E-state index contributed by atoms with van der Waals surface area (Å²) in [5, 5.41) is 10.1. The van der Waals surface area contributed by atoms with Crippen molar-refractivity contribution >= 4 is 75.0 Å². The summed E-state index contributed by atoms with van der Waals surface area (Å²) in [7, 11) is 0. The minimum atomic E-state index is 0.922. The van der Waals surface area contributed by atoms with E-state index in [1.165, 1.54) is 64.0 Å². The van der Waals surface area contributed by atoms with Gasteiger partial charge in [-0.1, -0.05) is 103 Å². The summed E-state index contributed by atoms with van der Waals surface area (Å²) >= 11 is 1.88. The zero-order chi connectivity index (χ0) is 26.2. The standard InChI is InChI=1S/C38H22OS/c1-3-13-27-25(11-1)36(23-20-21-33-31(22-23)24-10-5-7-17-32(24)39-33)26-12-2-4-14-28(26)37(27)30-16-9-19-35-38(30)29-15-6-8-18-34(29)40-35/h1-22H. The number of para-hydroxylation sites is 1. The van der Waals surface area contributed by atoms with E-state index in [9.17, 15) is 0 Å². The Balaban J connectivity index is 1.43. The third kappa shape index (κ3) is 3.03. The van der Waals surface area contributed by atoms with E-state index in [4.69, 9.17) is 4.42 Å². The number of thiophene rings is 1. The smallest absolute Gasteiger partial charge is 0.135 e. The Morgan fingerprint density at radius 3 is 1.73 bits per heavy atom. The molecule has 2 aromatic heterocycles. The van der Waals surface area contributed by atoms with E-state index in [0.29, 0.717) is 0 Å². The fourth-order valence-corrected chi connectivity index (χ4v) is 7.73. The van der Waals surface area contributed by atoms with Crippen molar-refractivity contribution in [1.29, 1.82) is 0 Å². The van der Waals surface area contributed by atoms with Crippen LogP contribution in [0.15, 0.2) is 138 Å². The molecule has 0 amide bonds. The first kappa shape index (κ1) is 22.0. The van der Waals surface area contributed by atoms with Gasteiger partial charge < -0.3 is 4.42 Å². The highest BCUT2D eigenvalue weighted by Crippen LogP contribution is 2.48. The predicted molar refractivity (Wildman–Crippen MR) is 172 cm³/mol. The zero-order valence-corrected chi connectivity index (χ0v) is 22.3. The summed E-state index contributed by atoms with van der Waals surface area (Å²) in [6, 6.07) is 48.3. The van der Waals surface area contributed by atoms with Gasteiger partial charge in [-0.15, -0.1) is 11.3 Å². The molecule has 1 nitrogen and oxygen atoms in total. The number of hydrogen-bond acceptors (Lipinski definition) is 2. The second-order valence-corrected chi connectivity index (χ2v) is 11.5. The maximum absolute atomic E-state index is 6.16. The lowest BCUT2D eigenvalue weighted by molar-refractivity contribution is 0.669. The van der Waals surface area contributed by atoms with Crippen LogP contribution in [0.25, 0.3) is 85.9 Å². The largest absolute Gasteiger partial charge is 0.456 e. The van der Waals surface area contributed by atoms with Crippen LogP contribution in [-0.2, 0) is 0 Å². The highest BCUT2D eigenvalue weighted by atomic mass is 32.1. The summed E-state index contributed by atoms with van der Waals surface area (Å²) in [6.45, 7) is 0. The van der Waals surface area contributed by atoms with E-state index < -0.39 is 0 Å². The molecule has 0 fully saturated rings. The molecule has 2 heteroatoms. The van der Waals surface area contributed by atoms with Gasteiger partial charge in [0.2, 0.25) is 0 Å². The summed E-state index contributed by atoms with van der Waals surface area (Å²) in [5.74, 6) is 0. The molecule has 0 unspecified atom stereocenters. The van der Waals surface area contributed by atoms with Gasteiger partial charge in [-0.2, -0.15) is 0 Å². The van der Waals surface area contributed by atoms with Gasteiger partial charge in [0.1, 0.15) is 11.2 Å². The number of furan rings is 1. The van der Waals surface area contributed by atoms with Gasteiger partial charge in [0, 0.05) is 30.9 Å². The van der Waals surface area contributed by atoms with Crippen molar-refractivity contribution in [1.82, 2.24) is 0 Å². The zero-order valence-electron chi connectivity index (χ0n) is 21.5. The SMILES string of the molecule is c1ccc2c(c1)oc1ccc(-c3c4ccccc4c(-c4cccc5sc6ccccc6c45)c4ccccc34)cc12. The van der Waals surface area contributed by atoms with Gasteiger partial charge in [-0.25, -0.2) is 0 Å². The van der Waals surface area contributed by atoms with Gasteiger partial charge in [-0.05, 0) is 74.1 Å². The van der Waals surface area contributed by atoms with Crippen LogP contribution in [0.5, 0.6) is 0 Å². The summed E-state index contributed by atoms with van der Waals surface area (Å²) in [6.07, 6.45) is 0. The lowest BCUT2D eigenvalue weighted by atomic mass is 9.85. The third-order valence-corrected chi connectivity index (χ3v) is 9.40. The van der Waals surface area contributed by atoms with Crippen molar-refractivity contribution in [2.45, 2.75) is 0 Å². The number of fused-ring (bicyclic) bond motifs is 8. The van der Waals surface area contributed by atoms with Crippen molar-refractivity contribution in [3.63, 3.8) is 0 Å². The Morgan fingerprint density at radius 2 is 0.975 bits per heavy atom. The Kier molecular flexibility index (Phi) is 4.55. The molecule has 0 spiro atoms. The van der Waals surface area contributed by atoms with E-state index in [1.807, 2.05) is 23.5 Å². The van der Waals surface area contributed by atoms with Crippen LogP contribution in [0.4, 0.5) is 0 Å². The molecule has 2 heterocycles. The molecule has 0 N–H and O–H groups in total. The molecule has 0 atom stereocenters. The highest BCUT2D eigenvalue weighted by molar-refractivity contribution is 7.25. The molecule has 9 aromatic rings. The van der Waals surface area contributed by atoms with Crippen molar-refractivity contribution in [3.05, 3.63) is 133 Å². The van der Waals surface area contributed by atoms with Crippen LogP contribution in [0, 0.1) is 0 Å². The molecule has 0 saturated heterocycles. The van der Waals surface area contributed by atoms with Crippen LogP contribution in [0.1, 0.15) is 0 Å². The van der Waals surface area contributed by atoms with Crippen molar-refractivity contribution in [2.75, 3.05) is 0 Å². The van der Waals surface area contributed by atoms with Gasteiger partial charge in [0.15, 0.2) is 0 Å². The summed E-state index contributed by atoms with van der Waals surface area (Å²) in [5.41, 5.74) is 6.92. The van der Waals surface area contributed by atoms with E-state index in [-0.39, 0.29) is 0 Å². The second-order valence-electron chi connectivity index (χ2n) is 10.4. The van der Waals surface area contributed by atoms with Crippen LogP contribution in [-0.4, -0.2) is 0 Å². The van der Waals surface area contributed by atoms with Gasteiger partial charge in [0.05, 0.1) is 0 Å². The number of rotatable bonds is 2. The van der Waals surface area contributed by atoms with E-state index in [1.54, 1.807) is 0 Å². The predicted octanol–water partition coefficient (Wildman–Crippen LogP) is 11.6. The molecule has 0 bridgehead atoms. The highest BCUT2D eigenvalue weighted by Gasteiger charge is 2.20. The van der Waals surface area contributed by atoms with Crippen LogP contribution >= 0.6 is 11.3 Å². The van der Waals surface area contributed by atoms with E-state index in [0.717, 1.165) is 21.9 Å². The molecule has 40 heavy (non-hydrogen) atoms. The molecule has 0 aliphatic heterocycles. The van der Waals surface area contributed by atoms with Crippen molar-refractivity contribution < 1.29 is 4.42 Å². The Bertz CT molecular complexity index is 2380. The average molecular weight is 527 g/mol. The molecule has 9 rings (SSSR count). The van der Waals surface area contributed by atoms with Crippen LogP contribution in [0.3, 0.4) is 0 Å². The van der Waals surface area contributed by atoms with E-state index >= 15 is 0 Å². The lowest BCUT2D eigenvalue weighted by Gasteiger charge is -2.18. The normalized spacial score (nSPS) is 12.0. The Labute approximate surface area is 234 Å². The third-order valence-electron chi connectivity index (χ3n) is 8.27. The average Bonchev–Trinajstić information content (AvgIpc) is 3.58. The molecular weight excluding hydrogens is 504 g/mol. The van der Waals surface area contributed by atoms with Gasteiger partial charge >= 0.3 is 0 Å². The lowest BCUT2D eigenvalue weighted by Crippen LogP contribution is -1.91. The monoisotopic (exact) mass is 526 g/mol. The Hall–Kier alpha value is -4.92. The second kappa shape index (κ2) is 8.29. The van der Waals surface area contributed by atoms with E-state index in [2.05, 4.69) is 121 Å². The molecule has 0 saturated carbocycles. The molecule has 186 valence electrons. The maximum atomic E-state index is 6.16. The fourth-order valence-electron chi connectivity index (χ4n) is 6.59. The minimum absolute atomic E-state index is 0.922.